The van der Waals surface area contributed by atoms with Crippen molar-refractivity contribution in [1.82, 2.24) is 5.32 Å². The van der Waals surface area contributed by atoms with Crippen LogP contribution in [0.3, 0.4) is 0 Å². The van der Waals surface area contributed by atoms with E-state index in [2.05, 4.69) is 5.32 Å². The average molecular weight is 319 g/mol. The molecule has 1 amide bonds. The molecule has 3 heterocycles. The normalized spacial score (nSPS) is 13.8. The van der Waals surface area contributed by atoms with Crippen molar-refractivity contribution >= 4 is 28.6 Å². The van der Waals surface area contributed by atoms with Crippen LogP contribution in [-0.2, 0) is 5.60 Å². The minimum atomic E-state index is -1.28. The van der Waals surface area contributed by atoms with E-state index in [0.29, 0.717) is 11.1 Å². The Morgan fingerprint density at radius 3 is 2.86 bits per heavy atom. The van der Waals surface area contributed by atoms with Crippen LogP contribution in [0, 0.1) is 0 Å². The van der Waals surface area contributed by atoms with Crippen molar-refractivity contribution in [2.24, 2.45) is 0 Å². The first-order valence-corrected chi connectivity index (χ1v) is 8.12. The smallest absolute Gasteiger partial charge is 0.252 e. The minimum absolute atomic E-state index is 0.0850. The van der Waals surface area contributed by atoms with Crippen LogP contribution in [0.2, 0.25) is 0 Å². The van der Waals surface area contributed by atoms with Gasteiger partial charge >= 0.3 is 0 Å². The molecule has 0 saturated heterocycles. The first-order valence-electron chi connectivity index (χ1n) is 6.29. The highest BCUT2D eigenvalue weighted by atomic mass is 32.1. The SMILES string of the molecule is O=C(NC[C@](O)(c1ccoc1)c1cccs1)c1ccsc1. The molecule has 1 atom stereocenters. The summed E-state index contributed by atoms with van der Waals surface area (Å²) in [5, 5.41) is 19.3. The molecule has 6 heteroatoms. The first kappa shape index (κ1) is 14.1. The van der Waals surface area contributed by atoms with E-state index < -0.39 is 5.60 Å². The van der Waals surface area contributed by atoms with Crippen LogP contribution in [-0.4, -0.2) is 17.6 Å². The summed E-state index contributed by atoms with van der Waals surface area (Å²) in [5.41, 5.74) is -0.0661. The van der Waals surface area contributed by atoms with Crippen molar-refractivity contribution in [1.29, 1.82) is 0 Å². The summed E-state index contributed by atoms with van der Waals surface area (Å²) in [6, 6.07) is 7.17. The van der Waals surface area contributed by atoms with E-state index in [1.807, 2.05) is 22.9 Å². The number of furan rings is 1. The van der Waals surface area contributed by atoms with Crippen molar-refractivity contribution in [2.45, 2.75) is 5.60 Å². The highest BCUT2D eigenvalue weighted by molar-refractivity contribution is 7.10. The number of amides is 1. The number of thiophene rings is 2. The average Bonchev–Trinajstić information content (AvgIpc) is 3.27. The van der Waals surface area contributed by atoms with Gasteiger partial charge in [0.25, 0.3) is 5.91 Å². The van der Waals surface area contributed by atoms with Gasteiger partial charge in [-0.3, -0.25) is 4.79 Å². The lowest BCUT2D eigenvalue weighted by Crippen LogP contribution is -2.40. The molecule has 3 rings (SSSR count). The Balaban J connectivity index is 1.83. The molecule has 108 valence electrons. The molecule has 0 aliphatic rings. The van der Waals surface area contributed by atoms with Crippen molar-refractivity contribution in [3.05, 3.63) is 68.9 Å². The Hall–Kier alpha value is -1.89. The van der Waals surface area contributed by atoms with Crippen LogP contribution < -0.4 is 5.32 Å². The molecule has 21 heavy (non-hydrogen) atoms. The summed E-state index contributed by atoms with van der Waals surface area (Å²) < 4.78 is 5.07. The molecule has 3 aromatic heterocycles. The molecule has 0 spiro atoms. The van der Waals surface area contributed by atoms with Gasteiger partial charge in [0.2, 0.25) is 0 Å². The van der Waals surface area contributed by atoms with Gasteiger partial charge in [0, 0.05) is 21.4 Å². The Kier molecular flexibility index (Phi) is 3.92. The maximum Gasteiger partial charge on any atom is 0.252 e. The Labute approximate surface area is 129 Å². The van der Waals surface area contributed by atoms with Gasteiger partial charge in [-0.2, -0.15) is 11.3 Å². The van der Waals surface area contributed by atoms with Crippen LogP contribution in [0.15, 0.2) is 57.3 Å². The fourth-order valence-corrected chi connectivity index (χ4v) is 3.53. The zero-order valence-corrected chi connectivity index (χ0v) is 12.6. The second kappa shape index (κ2) is 5.85. The standard InChI is InChI=1S/C15H13NO3S2/c17-14(11-4-7-20-9-11)16-10-15(18,12-3-5-19-8-12)13-2-1-6-21-13/h1-9,18H,10H2,(H,16,17)/t15-/m0/s1. The highest BCUT2D eigenvalue weighted by Gasteiger charge is 2.34. The van der Waals surface area contributed by atoms with E-state index in [-0.39, 0.29) is 12.5 Å². The molecular weight excluding hydrogens is 306 g/mol. The zero-order chi connectivity index (χ0) is 14.7. The second-order valence-electron chi connectivity index (χ2n) is 4.54. The monoisotopic (exact) mass is 319 g/mol. The number of nitrogens with one attached hydrogen (secondary N) is 1. The molecule has 0 radical (unpaired) electrons. The van der Waals surface area contributed by atoms with Gasteiger partial charge in [-0.15, -0.1) is 11.3 Å². The molecule has 0 unspecified atom stereocenters. The summed E-state index contributed by atoms with van der Waals surface area (Å²) >= 11 is 2.90. The number of carbonyl (C=O) groups excluding carboxylic acids is 1. The summed E-state index contributed by atoms with van der Waals surface area (Å²) in [4.78, 5) is 12.8. The molecule has 2 N–H and O–H groups in total. The van der Waals surface area contributed by atoms with Gasteiger partial charge in [0.05, 0.1) is 19.1 Å². The fraction of sp³-hybridized carbons (Fsp3) is 0.133. The van der Waals surface area contributed by atoms with E-state index in [1.165, 1.54) is 35.2 Å². The van der Waals surface area contributed by atoms with Crippen LogP contribution in [0.5, 0.6) is 0 Å². The summed E-state index contributed by atoms with van der Waals surface area (Å²) in [6.45, 7) is 0.0850. The second-order valence-corrected chi connectivity index (χ2v) is 6.27. The first-order chi connectivity index (χ1) is 10.2. The predicted molar refractivity (Wildman–Crippen MR) is 82.7 cm³/mol. The predicted octanol–water partition coefficient (Wildman–Crippen LogP) is 3.07. The Morgan fingerprint density at radius 2 is 2.24 bits per heavy atom. The van der Waals surface area contributed by atoms with Crippen LogP contribution in [0.4, 0.5) is 0 Å². The molecule has 0 aliphatic heterocycles. The highest BCUT2D eigenvalue weighted by Crippen LogP contribution is 2.32. The molecule has 0 fully saturated rings. The van der Waals surface area contributed by atoms with E-state index >= 15 is 0 Å². The fourth-order valence-electron chi connectivity index (χ4n) is 2.05. The third-order valence-electron chi connectivity index (χ3n) is 3.22. The van der Waals surface area contributed by atoms with Crippen LogP contribution >= 0.6 is 22.7 Å². The minimum Gasteiger partial charge on any atom is -0.472 e. The topological polar surface area (TPSA) is 62.5 Å². The Bertz CT molecular complexity index is 653. The largest absolute Gasteiger partial charge is 0.472 e. The van der Waals surface area contributed by atoms with Crippen molar-refractivity contribution < 1.29 is 14.3 Å². The van der Waals surface area contributed by atoms with Gasteiger partial charge in [0.1, 0.15) is 5.60 Å². The molecular formula is C15H13NO3S2. The molecule has 3 aromatic rings. The van der Waals surface area contributed by atoms with Gasteiger partial charge < -0.3 is 14.8 Å². The number of rotatable bonds is 5. The molecule has 4 nitrogen and oxygen atoms in total. The third kappa shape index (κ3) is 2.78. The van der Waals surface area contributed by atoms with E-state index in [1.54, 1.807) is 17.5 Å². The summed E-state index contributed by atoms with van der Waals surface area (Å²) in [5.74, 6) is -0.199. The van der Waals surface area contributed by atoms with Crippen molar-refractivity contribution in [3.63, 3.8) is 0 Å². The molecule has 0 aliphatic carbocycles. The van der Waals surface area contributed by atoms with Gasteiger partial charge in [-0.25, -0.2) is 0 Å². The van der Waals surface area contributed by atoms with E-state index in [4.69, 9.17) is 4.42 Å². The number of aliphatic hydroxyl groups is 1. The van der Waals surface area contributed by atoms with Crippen molar-refractivity contribution in [3.8, 4) is 0 Å². The number of carbonyl (C=O) groups is 1. The number of hydrogen-bond acceptors (Lipinski definition) is 5. The van der Waals surface area contributed by atoms with Gasteiger partial charge in [0.15, 0.2) is 0 Å². The zero-order valence-electron chi connectivity index (χ0n) is 11.0. The van der Waals surface area contributed by atoms with Gasteiger partial charge in [-0.1, -0.05) is 6.07 Å². The lowest BCUT2D eigenvalue weighted by atomic mass is 9.94. The molecule has 0 aromatic carbocycles. The van der Waals surface area contributed by atoms with Crippen LogP contribution in [0.25, 0.3) is 0 Å². The van der Waals surface area contributed by atoms with E-state index in [0.717, 1.165) is 4.88 Å². The molecule has 0 bridgehead atoms. The lowest BCUT2D eigenvalue weighted by molar-refractivity contribution is 0.0714. The lowest BCUT2D eigenvalue weighted by Gasteiger charge is -2.26. The maximum absolute atomic E-state index is 12.1. The quantitative estimate of drug-likeness (QED) is 0.760. The van der Waals surface area contributed by atoms with Gasteiger partial charge in [-0.05, 0) is 29.0 Å². The maximum atomic E-state index is 12.1. The van der Waals surface area contributed by atoms with Crippen molar-refractivity contribution in [2.75, 3.05) is 6.54 Å². The molecule has 0 saturated carbocycles. The van der Waals surface area contributed by atoms with Crippen LogP contribution in [0.1, 0.15) is 20.8 Å². The number of hydrogen-bond donors (Lipinski definition) is 2. The summed E-state index contributed by atoms with van der Waals surface area (Å²) in [7, 11) is 0. The summed E-state index contributed by atoms with van der Waals surface area (Å²) in [6.07, 6.45) is 3.01. The van der Waals surface area contributed by atoms with E-state index in [9.17, 15) is 9.90 Å². The third-order valence-corrected chi connectivity index (χ3v) is 4.92. The Morgan fingerprint density at radius 1 is 1.33 bits per heavy atom.